The van der Waals surface area contributed by atoms with Gasteiger partial charge in [-0.1, -0.05) is 46.9 Å². The van der Waals surface area contributed by atoms with E-state index in [1.165, 1.54) is 23.1 Å². The molecule has 156 valence electrons. The highest BCUT2D eigenvalue weighted by Crippen LogP contribution is 2.42. The minimum atomic E-state index is -0.950. The average molecular weight is 474 g/mol. The van der Waals surface area contributed by atoms with Gasteiger partial charge in [0.15, 0.2) is 0 Å². The first-order valence-corrected chi connectivity index (χ1v) is 10.4. The summed E-state index contributed by atoms with van der Waals surface area (Å²) in [5.74, 6) is -2.00. The second-order valence-corrected chi connectivity index (χ2v) is 8.21. The second-order valence-electron chi connectivity index (χ2n) is 6.99. The molecule has 8 heteroatoms. The molecule has 1 saturated heterocycles. The Labute approximate surface area is 193 Å². The molecule has 0 bridgehead atoms. The van der Waals surface area contributed by atoms with Gasteiger partial charge in [0.1, 0.15) is 11.8 Å². The largest absolute Gasteiger partial charge is 0.507 e. The van der Waals surface area contributed by atoms with Crippen molar-refractivity contribution in [2.45, 2.75) is 13.0 Å². The molecule has 2 aromatic carbocycles. The van der Waals surface area contributed by atoms with Crippen molar-refractivity contribution in [2.24, 2.45) is 0 Å². The summed E-state index contributed by atoms with van der Waals surface area (Å²) in [7, 11) is 0. The Morgan fingerprint density at radius 1 is 0.968 bits per heavy atom. The van der Waals surface area contributed by atoms with Crippen LogP contribution in [0.3, 0.4) is 0 Å². The highest BCUT2D eigenvalue weighted by molar-refractivity contribution is 6.52. The number of carbonyl (C=O) groups is 2. The number of pyridine rings is 1. The molecule has 2 heterocycles. The van der Waals surface area contributed by atoms with Gasteiger partial charge in [-0.15, -0.1) is 0 Å². The maximum atomic E-state index is 13.1. The third-order valence-corrected chi connectivity index (χ3v) is 6.19. The zero-order valence-corrected chi connectivity index (χ0v) is 18.4. The fourth-order valence-electron chi connectivity index (χ4n) is 3.45. The van der Waals surface area contributed by atoms with Crippen LogP contribution in [0.2, 0.25) is 15.1 Å². The van der Waals surface area contributed by atoms with E-state index >= 15 is 0 Å². The molecule has 4 rings (SSSR count). The molecule has 1 fully saturated rings. The number of aliphatic hydroxyl groups excluding tert-OH is 1. The number of ketones is 1. The van der Waals surface area contributed by atoms with Crippen LogP contribution in [0.25, 0.3) is 5.76 Å². The summed E-state index contributed by atoms with van der Waals surface area (Å²) in [5.41, 5.74) is 1.82. The quantitative estimate of drug-likeness (QED) is 0.289. The molecule has 5 nitrogen and oxygen atoms in total. The standard InChI is InChI=1S/C23H15Cl3N2O3/c1-12-5-7-14(11-16(12)25)28-20(18-4-2-3-9-27-18)19(22(30)23(28)31)21(29)13-6-8-15(24)17(26)10-13/h2-11,20,29H,1H3/b21-19+. The van der Waals surface area contributed by atoms with Crippen molar-refractivity contribution in [3.05, 3.63) is 98.3 Å². The Balaban J connectivity index is 1.95. The molecule has 0 saturated carbocycles. The Bertz CT molecular complexity index is 1240. The number of benzene rings is 2. The SMILES string of the molecule is Cc1ccc(N2C(=O)C(=O)/C(=C(/O)c3ccc(Cl)c(Cl)c3)C2c2ccccn2)cc1Cl. The minimum absolute atomic E-state index is 0.0983. The number of aliphatic hydroxyl groups is 1. The molecule has 1 aromatic heterocycles. The Hall–Kier alpha value is -2.86. The van der Waals surface area contributed by atoms with Gasteiger partial charge in [-0.25, -0.2) is 0 Å². The molecule has 0 aliphatic carbocycles. The van der Waals surface area contributed by atoms with E-state index in [1.807, 2.05) is 6.92 Å². The maximum absolute atomic E-state index is 13.1. The normalized spacial score (nSPS) is 17.9. The first kappa shape index (κ1) is 21.4. The first-order chi connectivity index (χ1) is 14.8. The minimum Gasteiger partial charge on any atom is -0.507 e. The number of anilines is 1. The maximum Gasteiger partial charge on any atom is 0.300 e. The number of aryl methyl sites for hydroxylation is 1. The number of Topliss-reactive ketones (excluding diaryl/α,β-unsaturated/α-hetero) is 1. The summed E-state index contributed by atoms with van der Waals surface area (Å²) >= 11 is 18.3. The highest BCUT2D eigenvalue weighted by atomic mass is 35.5. The molecule has 1 aliphatic heterocycles. The van der Waals surface area contributed by atoms with E-state index in [1.54, 1.807) is 42.6 Å². The van der Waals surface area contributed by atoms with Crippen LogP contribution < -0.4 is 4.90 Å². The molecule has 0 radical (unpaired) electrons. The summed E-state index contributed by atoms with van der Waals surface area (Å²) in [6, 6.07) is 13.7. The molecule has 1 atom stereocenters. The number of carbonyl (C=O) groups excluding carboxylic acids is 2. The molecule has 1 unspecified atom stereocenters. The van der Waals surface area contributed by atoms with Crippen molar-refractivity contribution in [3.63, 3.8) is 0 Å². The van der Waals surface area contributed by atoms with E-state index in [-0.39, 0.29) is 21.9 Å². The number of hydrogen-bond acceptors (Lipinski definition) is 4. The van der Waals surface area contributed by atoms with Crippen molar-refractivity contribution in [1.82, 2.24) is 4.98 Å². The van der Waals surface area contributed by atoms with Gasteiger partial charge < -0.3 is 5.11 Å². The number of nitrogens with zero attached hydrogens (tertiary/aromatic N) is 2. The fourth-order valence-corrected chi connectivity index (χ4v) is 3.92. The first-order valence-electron chi connectivity index (χ1n) is 9.23. The van der Waals surface area contributed by atoms with Crippen LogP contribution in [0.5, 0.6) is 0 Å². The van der Waals surface area contributed by atoms with Gasteiger partial charge in [0.2, 0.25) is 0 Å². The zero-order valence-electron chi connectivity index (χ0n) is 16.1. The molecule has 1 N–H and O–H groups in total. The molecule has 1 aliphatic rings. The van der Waals surface area contributed by atoms with Crippen LogP contribution in [-0.2, 0) is 9.59 Å². The van der Waals surface area contributed by atoms with E-state index in [0.717, 1.165) is 5.56 Å². The number of hydrogen-bond donors (Lipinski definition) is 1. The molecule has 3 aromatic rings. The van der Waals surface area contributed by atoms with Gasteiger partial charge in [0.05, 0.1) is 21.3 Å². The Morgan fingerprint density at radius 3 is 2.39 bits per heavy atom. The predicted octanol–water partition coefficient (Wildman–Crippen LogP) is 5.98. The molecular weight excluding hydrogens is 459 g/mol. The highest BCUT2D eigenvalue weighted by Gasteiger charge is 2.47. The van der Waals surface area contributed by atoms with Crippen LogP contribution >= 0.6 is 34.8 Å². The smallest absolute Gasteiger partial charge is 0.300 e. The van der Waals surface area contributed by atoms with Crippen molar-refractivity contribution in [1.29, 1.82) is 0 Å². The molecule has 0 spiro atoms. The predicted molar refractivity (Wildman–Crippen MR) is 122 cm³/mol. The summed E-state index contributed by atoms with van der Waals surface area (Å²) in [6.45, 7) is 1.83. The number of aromatic nitrogens is 1. The van der Waals surface area contributed by atoms with E-state index in [4.69, 9.17) is 34.8 Å². The van der Waals surface area contributed by atoms with Crippen LogP contribution in [0.15, 0.2) is 66.4 Å². The summed E-state index contributed by atoms with van der Waals surface area (Å²) in [5, 5.41) is 12.0. The van der Waals surface area contributed by atoms with Gasteiger partial charge >= 0.3 is 0 Å². The van der Waals surface area contributed by atoms with Crippen molar-refractivity contribution >= 4 is 57.9 Å². The van der Waals surface area contributed by atoms with E-state index in [9.17, 15) is 14.7 Å². The van der Waals surface area contributed by atoms with Gasteiger partial charge in [-0.3, -0.25) is 19.5 Å². The summed E-state index contributed by atoms with van der Waals surface area (Å²) in [6.07, 6.45) is 1.55. The lowest BCUT2D eigenvalue weighted by Gasteiger charge is -2.25. The average Bonchev–Trinajstić information content (AvgIpc) is 3.03. The number of rotatable bonds is 3. The third-order valence-electron chi connectivity index (χ3n) is 5.04. The van der Waals surface area contributed by atoms with Gasteiger partial charge in [-0.05, 0) is 55.0 Å². The number of halogens is 3. The Kier molecular flexibility index (Phi) is 5.75. The third kappa shape index (κ3) is 3.81. The summed E-state index contributed by atoms with van der Waals surface area (Å²) in [4.78, 5) is 31.8. The lowest BCUT2D eigenvalue weighted by Crippen LogP contribution is -2.29. The van der Waals surface area contributed by atoms with Crippen LogP contribution in [0.4, 0.5) is 5.69 Å². The number of amides is 1. The van der Waals surface area contributed by atoms with Crippen LogP contribution in [0, 0.1) is 6.92 Å². The van der Waals surface area contributed by atoms with Crippen molar-refractivity contribution < 1.29 is 14.7 Å². The molecular formula is C23H15Cl3N2O3. The second kappa shape index (κ2) is 8.35. The summed E-state index contributed by atoms with van der Waals surface area (Å²) < 4.78 is 0. The van der Waals surface area contributed by atoms with E-state index in [0.29, 0.717) is 21.4 Å². The van der Waals surface area contributed by atoms with E-state index < -0.39 is 17.7 Å². The monoisotopic (exact) mass is 472 g/mol. The van der Waals surface area contributed by atoms with Gasteiger partial charge in [-0.2, -0.15) is 0 Å². The van der Waals surface area contributed by atoms with Gasteiger partial charge in [0, 0.05) is 22.5 Å². The topological polar surface area (TPSA) is 70.5 Å². The lowest BCUT2D eigenvalue weighted by atomic mass is 9.98. The fraction of sp³-hybridized carbons (Fsp3) is 0.0870. The van der Waals surface area contributed by atoms with E-state index in [2.05, 4.69) is 4.98 Å². The van der Waals surface area contributed by atoms with Crippen molar-refractivity contribution in [3.8, 4) is 0 Å². The Morgan fingerprint density at radius 2 is 1.74 bits per heavy atom. The lowest BCUT2D eigenvalue weighted by molar-refractivity contribution is -0.132. The van der Waals surface area contributed by atoms with Crippen molar-refractivity contribution in [2.75, 3.05) is 4.90 Å². The molecule has 1 amide bonds. The zero-order chi connectivity index (χ0) is 22.3. The van der Waals surface area contributed by atoms with Gasteiger partial charge in [0.25, 0.3) is 11.7 Å². The molecule has 31 heavy (non-hydrogen) atoms. The van der Waals surface area contributed by atoms with Crippen LogP contribution in [-0.4, -0.2) is 21.8 Å². The van der Waals surface area contributed by atoms with Crippen LogP contribution in [0.1, 0.15) is 22.9 Å².